The molecule has 3 rings (SSSR count). The highest BCUT2D eigenvalue weighted by atomic mass is 35.5. The molecule has 2 aliphatic rings. The lowest BCUT2D eigenvalue weighted by molar-refractivity contribution is 0.179. The summed E-state index contributed by atoms with van der Waals surface area (Å²) in [5, 5.41) is 3.68. The van der Waals surface area contributed by atoms with E-state index >= 15 is 0 Å². The molecular weight excluding hydrogens is 381 g/mol. The van der Waals surface area contributed by atoms with Crippen LogP contribution in [0.3, 0.4) is 0 Å². The third-order valence-electron chi connectivity index (χ3n) is 4.33. The molecule has 0 radical (unpaired) electrons. The molecule has 0 aromatic heterocycles. The third-order valence-corrected chi connectivity index (χ3v) is 7.17. The molecule has 0 aliphatic carbocycles. The van der Waals surface area contributed by atoms with Crippen molar-refractivity contribution in [2.75, 3.05) is 39.3 Å². The molecule has 0 bridgehead atoms. The van der Waals surface area contributed by atoms with Crippen molar-refractivity contribution in [3.05, 3.63) is 28.2 Å². The van der Waals surface area contributed by atoms with Crippen LogP contribution in [0.25, 0.3) is 0 Å². The Balaban J connectivity index is 0.00000192. The summed E-state index contributed by atoms with van der Waals surface area (Å²) in [6.07, 6.45) is 0.859. The maximum Gasteiger partial charge on any atom is 0.244 e. The van der Waals surface area contributed by atoms with Gasteiger partial charge in [-0.05, 0) is 18.6 Å². The number of nitrogens with zero attached hydrogens (tertiary/aromatic N) is 2. The molecule has 9 heteroatoms. The fourth-order valence-corrected chi connectivity index (χ4v) is 5.32. The van der Waals surface area contributed by atoms with Crippen molar-refractivity contribution in [3.8, 4) is 0 Å². The zero-order valence-corrected chi connectivity index (χ0v) is 15.7. The van der Waals surface area contributed by atoms with Gasteiger partial charge in [-0.3, -0.25) is 4.90 Å². The van der Waals surface area contributed by atoms with Gasteiger partial charge in [0.25, 0.3) is 0 Å². The van der Waals surface area contributed by atoms with Gasteiger partial charge >= 0.3 is 0 Å². The molecular formula is C14H20Cl3N3O2S. The smallest absolute Gasteiger partial charge is 0.244 e. The van der Waals surface area contributed by atoms with E-state index in [9.17, 15) is 8.42 Å². The van der Waals surface area contributed by atoms with E-state index in [1.807, 2.05) is 0 Å². The number of halogens is 3. The lowest BCUT2D eigenvalue weighted by atomic mass is 10.2. The summed E-state index contributed by atoms with van der Waals surface area (Å²) in [5.74, 6) is 0. The SMILES string of the molecule is Cl.O=S(=O)(c1cccc(Cl)c1Cl)N1CCC(N2CCNCC2)C1. The molecule has 0 saturated carbocycles. The highest BCUT2D eigenvalue weighted by molar-refractivity contribution is 7.89. The maximum atomic E-state index is 12.8. The summed E-state index contributed by atoms with van der Waals surface area (Å²) in [7, 11) is -3.59. The number of piperazine rings is 1. The van der Waals surface area contributed by atoms with Crippen LogP contribution < -0.4 is 5.32 Å². The molecule has 2 fully saturated rings. The highest BCUT2D eigenvalue weighted by Gasteiger charge is 2.36. The van der Waals surface area contributed by atoms with Gasteiger partial charge in [-0.25, -0.2) is 8.42 Å². The Hall–Kier alpha value is -0.0800. The summed E-state index contributed by atoms with van der Waals surface area (Å²) in [4.78, 5) is 2.47. The van der Waals surface area contributed by atoms with Crippen LogP contribution in [0.1, 0.15) is 6.42 Å². The highest BCUT2D eigenvalue weighted by Crippen LogP contribution is 2.32. The van der Waals surface area contributed by atoms with Gasteiger partial charge in [0, 0.05) is 45.3 Å². The van der Waals surface area contributed by atoms with Gasteiger partial charge in [-0.15, -0.1) is 12.4 Å². The minimum absolute atomic E-state index is 0. The number of hydrogen-bond donors (Lipinski definition) is 1. The van der Waals surface area contributed by atoms with Gasteiger partial charge in [0.1, 0.15) is 4.90 Å². The van der Waals surface area contributed by atoms with Crippen molar-refractivity contribution < 1.29 is 8.42 Å². The molecule has 2 heterocycles. The van der Waals surface area contributed by atoms with Crippen LogP contribution in [0.4, 0.5) is 0 Å². The van der Waals surface area contributed by atoms with Crippen LogP contribution in [-0.2, 0) is 10.0 Å². The van der Waals surface area contributed by atoms with Gasteiger partial charge in [0.2, 0.25) is 10.0 Å². The second kappa shape index (κ2) is 7.87. The second-order valence-corrected chi connectivity index (χ2v) is 8.33. The van der Waals surface area contributed by atoms with E-state index in [-0.39, 0.29) is 33.4 Å². The van der Waals surface area contributed by atoms with Crippen LogP contribution in [0.5, 0.6) is 0 Å². The van der Waals surface area contributed by atoms with Crippen molar-refractivity contribution in [1.82, 2.24) is 14.5 Å². The standard InChI is InChI=1S/C14H19Cl2N3O2S.ClH/c15-12-2-1-3-13(14(12)16)22(20,21)19-7-4-11(10-19)18-8-5-17-6-9-18;/h1-3,11,17H,4-10H2;1H. The normalized spacial score (nSPS) is 23.7. The molecule has 130 valence electrons. The first-order chi connectivity index (χ1) is 10.5. The summed E-state index contributed by atoms with van der Waals surface area (Å²) in [6, 6.07) is 5.01. The fourth-order valence-electron chi connectivity index (χ4n) is 3.10. The maximum absolute atomic E-state index is 12.8. The quantitative estimate of drug-likeness (QED) is 0.844. The van der Waals surface area contributed by atoms with E-state index in [1.54, 1.807) is 12.1 Å². The zero-order chi connectivity index (χ0) is 15.7. The molecule has 1 unspecified atom stereocenters. The largest absolute Gasteiger partial charge is 0.314 e. The summed E-state index contributed by atoms with van der Waals surface area (Å²) >= 11 is 12.0. The van der Waals surface area contributed by atoms with Gasteiger partial charge in [0.15, 0.2) is 0 Å². The van der Waals surface area contributed by atoms with Crippen molar-refractivity contribution in [3.63, 3.8) is 0 Å². The molecule has 23 heavy (non-hydrogen) atoms. The summed E-state index contributed by atoms with van der Waals surface area (Å²) in [5.41, 5.74) is 0. The third kappa shape index (κ3) is 3.95. The van der Waals surface area contributed by atoms with Crippen molar-refractivity contribution in [2.45, 2.75) is 17.4 Å². The van der Waals surface area contributed by atoms with Crippen molar-refractivity contribution in [2.24, 2.45) is 0 Å². The van der Waals surface area contributed by atoms with Crippen molar-refractivity contribution >= 4 is 45.6 Å². The molecule has 1 aromatic rings. The van der Waals surface area contributed by atoms with Crippen LogP contribution in [0, 0.1) is 0 Å². The number of rotatable bonds is 3. The van der Waals surface area contributed by atoms with E-state index < -0.39 is 10.0 Å². The van der Waals surface area contributed by atoms with E-state index in [2.05, 4.69) is 10.2 Å². The molecule has 1 aromatic carbocycles. The first-order valence-corrected chi connectivity index (χ1v) is 9.58. The van der Waals surface area contributed by atoms with Crippen molar-refractivity contribution in [1.29, 1.82) is 0 Å². The van der Waals surface area contributed by atoms with Crippen LogP contribution in [0.15, 0.2) is 23.1 Å². The Morgan fingerprint density at radius 2 is 1.83 bits per heavy atom. The molecule has 1 atom stereocenters. The topological polar surface area (TPSA) is 52.7 Å². The lowest BCUT2D eigenvalue weighted by Crippen LogP contribution is -2.49. The Morgan fingerprint density at radius 3 is 2.52 bits per heavy atom. The summed E-state index contributed by atoms with van der Waals surface area (Å²) in [6.45, 7) is 4.91. The minimum Gasteiger partial charge on any atom is -0.314 e. The molecule has 2 aliphatic heterocycles. The number of nitrogens with one attached hydrogen (secondary N) is 1. The Bertz CT molecular complexity index is 651. The van der Waals surface area contributed by atoms with Crippen LogP contribution in [0.2, 0.25) is 10.0 Å². The average molecular weight is 401 g/mol. The van der Waals surface area contributed by atoms with E-state index in [4.69, 9.17) is 23.2 Å². The monoisotopic (exact) mass is 399 g/mol. The van der Waals surface area contributed by atoms with Gasteiger partial charge < -0.3 is 5.32 Å². The minimum atomic E-state index is -3.59. The van der Waals surface area contributed by atoms with Gasteiger partial charge in [0.05, 0.1) is 10.0 Å². The lowest BCUT2D eigenvalue weighted by Gasteiger charge is -2.32. The first kappa shape index (κ1) is 19.2. The van der Waals surface area contributed by atoms with Crippen LogP contribution in [-0.4, -0.2) is 62.9 Å². The molecule has 1 N–H and O–H groups in total. The summed E-state index contributed by atoms with van der Waals surface area (Å²) < 4.78 is 27.1. The predicted molar refractivity (Wildman–Crippen MR) is 95.3 cm³/mol. The molecule has 0 spiro atoms. The Morgan fingerprint density at radius 1 is 1.13 bits per heavy atom. The molecule has 2 saturated heterocycles. The second-order valence-electron chi connectivity index (χ2n) is 5.64. The zero-order valence-electron chi connectivity index (χ0n) is 12.5. The number of hydrogen-bond acceptors (Lipinski definition) is 4. The average Bonchev–Trinajstić information content (AvgIpc) is 3.01. The van der Waals surface area contributed by atoms with E-state index in [0.717, 1.165) is 32.6 Å². The van der Waals surface area contributed by atoms with E-state index in [1.165, 1.54) is 10.4 Å². The van der Waals surface area contributed by atoms with Gasteiger partial charge in [-0.1, -0.05) is 29.3 Å². The van der Waals surface area contributed by atoms with E-state index in [0.29, 0.717) is 13.1 Å². The number of sulfonamides is 1. The predicted octanol–water partition coefficient (Wildman–Crippen LogP) is 2.08. The fraction of sp³-hybridized carbons (Fsp3) is 0.571. The molecule has 0 amide bonds. The van der Waals surface area contributed by atoms with Gasteiger partial charge in [-0.2, -0.15) is 4.31 Å². The Labute approximate surface area is 153 Å². The van der Waals surface area contributed by atoms with Crippen LogP contribution >= 0.6 is 35.6 Å². The first-order valence-electron chi connectivity index (χ1n) is 7.39. The Kier molecular flexibility index (Phi) is 6.58. The number of benzene rings is 1. The molecule has 5 nitrogen and oxygen atoms in total.